The Morgan fingerprint density at radius 2 is 1.74 bits per heavy atom. The fourth-order valence-electron chi connectivity index (χ4n) is 6.75. The lowest BCUT2D eigenvalue weighted by Crippen LogP contribution is -2.66. The number of hydrogen-bond acceptors (Lipinski definition) is 9. The zero-order valence-corrected chi connectivity index (χ0v) is 30.9. The van der Waals surface area contributed by atoms with Crippen LogP contribution < -0.4 is 16.4 Å². The van der Waals surface area contributed by atoms with Gasteiger partial charge < -0.3 is 26.2 Å². The number of fused-ring (bicyclic) bond motifs is 2. The van der Waals surface area contributed by atoms with Crippen molar-refractivity contribution >= 4 is 79.3 Å². The number of piperazine rings is 1. The average molecular weight is 783 g/mol. The number of urea groups is 1. The number of benzene rings is 4. The number of anilines is 2. The molecule has 2 fully saturated rings. The van der Waals surface area contributed by atoms with Crippen LogP contribution in [-0.2, 0) is 29.1 Å². The molecule has 5 amide bonds. The number of nitriles is 1. The number of amides is 5. The number of hydrazine groups is 1. The molecule has 2 saturated heterocycles. The van der Waals surface area contributed by atoms with Gasteiger partial charge in [0.05, 0.1) is 39.4 Å². The van der Waals surface area contributed by atoms with Crippen molar-refractivity contribution in [2.45, 2.75) is 31.7 Å². The van der Waals surface area contributed by atoms with E-state index in [2.05, 4.69) is 15.6 Å². The van der Waals surface area contributed by atoms with E-state index >= 15 is 0 Å². The molecular weight excluding hydrogens is 749 g/mol. The molecule has 274 valence electrons. The molecule has 5 aromatic rings. The van der Waals surface area contributed by atoms with Gasteiger partial charge in [0.2, 0.25) is 11.8 Å². The molecule has 0 saturated carbocycles. The van der Waals surface area contributed by atoms with E-state index in [0.717, 1.165) is 15.8 Å². The van der Waals surface area contributed by atoms with E-state index in [-0.39, 0.29) is 56.9 Å². The van der Waals surface area contributed by atoms with Crippen molar-refractivity contribution in [2.75, 3.05) is 30.7 Å². The van der Waals surface area contributed by atoms with Gasteiger partial charge in [0.15, 0.2) is 5.13 Å². The summed E-state index contributed by atoms with van der Waals surface area (Å²) in [6, 6.07) is 27.1. The Hall–Kier alpha value is -5.72. The van der Waals surface area contributed by atoms with E-state index < -0.39 is 18.2 Å². The highest BCUT2D eigenvalue weighted by Gasteiger charge is 2.52. The normalized spacial score (nSPS) is 17.0. The Morgan fingerprint density at radius 1 is 0.981 bits per heavy atom. The highest BCUT2D eigenvalue weighted by molar-refractivity contribution is 7.22. The molecule has 2 aliphatic rings. The topological polar surface area (TPSA) is 168 Å². The molecule has 3 heterocycles. The minimum absolute atomic E-state index is 0.0591. The summed E-state index contributed by atoms with van der Waals surface area (Å²) in [6.07, 6.45) is -0.609. The lowest BCUT2D eigenvalue weighted by atomic mass is 9.99. The van der Waals surface area contributed by atoms with Gasteiger partial charge in [0.25, 0.3) is 5.91 Å². The molecule has 0 unspecified atom stereocenters. The van der Waals surface area contributed by atoms with E-state index in [1.807, 2.05) is 30.3 Å². The maximum Gasteiger partial charge on any atom is 0.333 e. The molecule has 0 aliphatic carbocycles. The largest absolute Gasteiger partial charge is 0.375 e. The summed E-state index contributed by atoms with van der Waals surface area (Å²) in [5.41, 5.74) is 10.0. The number of rotatable bonds is 10. The van der Waals surface area contributed by atoms with Crippen molar-refractivity contribution in [1.82, 2.24) is 30.1 Å². The Labute approximate surface area is 324 Å². The lowest BCUT2D eigenvalue weighted by molar-refractivity contribution is -0.157. The summed E-state index contributed by atoms with van der Waals surface area (Å²) in [6.45, 7) is -0.258. The highest BCUT2D eigenvalue weighted by atomic mass is 35.5. The molecule has 54 heavy (non-hydrogen) atoms. The molecule has 7 rings (SSSR count). The van der Waals surface area contributed by atoms with Gasteiger partial charge in [0.1, 0.15) is 18.8 Å². The number of carbonyl (C=O) groups excluding carboxylic acids is 4. The number of nitrogens with one attached hydrogen (secondary N) is 2. The molecule has 0 radical (unpaired) electrons. The lowest BCUT2D eigenvalue weighted by Gasteiger charge is -2.46. The predicted molar refractivity (Wildman–Crippen MR) is 206 cm³/mol. The summed E-state index contributed by atoms with van der Waals surface area (Å²) in [5, 5.41) is 19.4. The molecule has 0 spiro atoms. The maximum absolute atomic E-state index is 14.4. The van der Waals surface area contributed by atoms with E-state index in [9.17, 15) is 24.4 Å². The number of carbonyl (C=O) groups is 4. The Balaban J connectivity index is 1.16. The summed E-state index contributed by atoms with van der Waals surface area (Å²) >= 11 is 13.6. The first-order valence-corrected chi connectivity index (χ1v) is 18.5. The number of halogens is 2. The number of para-hydroxylation sites is 1. The number of nitrogens with two attached hydrogens (primary N) is 1. The van der Waals surface area contributed by atoms with Crippen LogP contribution in [0.5, 0.6) is 0 Å². The van der Waals surface area contributed by atoms with Gasteiger partial charge in [-0.15, -0.1) is 0 Å². The summed E-state index contributed by atoms with van der Waals surface area (Å²) in [4.78, 5) is 62.4. The average Bonchev–Trinajstić information content (AvgIpc) is 3.72. The predicted octanol–water partition coefficient (Wildman–Crippen LogP) is 5.51. The van der Waals surface area contributed by atoms with Crippen molar-refractivity contribution in [2.24, 2.45) is 0 Å². The zero-order chi connectivity index (χ0) is 37.9. The van der Waals surface area contributed by atoms with Crippen LogP contribution in [0.3, 0.4) is 0 Å². The van der Waals surface area contributed by atoms with Crippen LogP contribution in [-0.4, -0.2) is 80.4 Å². The van der Waals surface area contributed by atoms with Crippen LogP contribution >= 0.6 is 34.5 Å². The number of thiazole rings is 1. The minimum Gasteiger partial charge on any atom is -0.375 e. The van der Waals surface area contributed by atoms with Gasteiger partial charge >= 0.3 is 6.03 Å². The van der Waals surface area contributed by atoms with Gasteiger partial charge in [-0.1, -0.05) is 83.1 Å². The van der Waals surface area contributed by atoms with Gasteiger partial charge in [0, 0.05) is 30.8 Å². The zero-order valence-electron chi connectivity index (χ0n) is 28.6. The third kappa shape index (κ3) is 7.66. The van der Waals surface area contributed by atoms with E-state index in [0.29, 0.717) is 37.5 Å². The molecule has 0 bridgehead atoms. The quantitative estimate of drug-likeness (QED) is 0.156. The SMILES string of the molecule is N#CCN(C(=O)NCc1ccc(Cl)c(Cl)c1)N1CC(=O)N2[C@@H](Cc3ccc(NC(=O)c4ccccc4)cc3)C(=O)N(Cc3cccc4sc(N)nc34)C[C@@H]21. The first-order chi connectivity index (χ1) is 26.1. The molecule has 4 N–H and O–H groups in total. The second kappa shape index (κ2) is 15.7. The summed E-state index contributed by atoms with van der Waals surface area (Å²) in [5.74, 6) is -0.898. The summed E-state index contributed by atoms with van der Waals surface area (Å²) < 4.78 is 0.878. The number of nitrogens with zero attached hydrogens (tertiary/aromatic N) is 6. The first kappa shape index (κ1) is 36.6. The monoisotopic (exact) mass is 781 g/mol. The van der Waals surface area contributed by atoms with E-state index in [4.69, 9.17) is 28.9 Å². The molecular formula is C38H33Cl2N9O4S. The van der Waals surface area contributed by atoms with Crippen molar-refractivity contribution in [3.05, 3.63) is 123 Å². The van der Waals surface area contributed by atoms with Gasteiger partial charge in [-0.2, -0.15) is 10.3 Å². The van der Waals surface area contributed by atoms with Gasteiger partial charge in [-0.05, 0) is 59.2 Å². The molecule has 1 aromatic heterocycles. The molecule has 16 heteroatoms. The first-order valence-electron chi connectivity index (χ1n) is 16.9. The van der Waals surface area contributed by atoms with Crippen LogP contribution in [0.1, 0.15) is 27.0 Å². The fourth-order valence-corrected chi connectivity index (χ4v) is 7.85. The van der Waals surface area contributed by atoms with Crippen molar-refractivity contribution in [1.29, 1.82) is 5.26 Å². The van der Waals surface area contributed by atoms with Crippen molar-refractivity contribution < 1.29 is 19.2 Å². The second-order valence-electron chi connectivity index (χ2n) is 12.8. The summed E-state index contributed by atoms with van der Waals surface area (Å²) in [7, 11) is 0. The second-order valence-corrected chi connectivity index (χ2v) is 14.7. The molecule has 4 aromatic carbocycles. The van der Waals surface area contributed by atoms with Crippen molar-refractivity contribution in [3.63, 3.8) is 0 Å². The maximum atomic E-state index is 14.4. The number of aromatic nitrogens is 1. The van der Waals surface area contributed by atoms with E-state index in [1.54, 1.807) is 76.6 Å². The van der Waals surface area contributed by atoms with Gasteiger partial charge in [-0.3, -0.25) is 14.4 Å². The van der Waals surface area contributed by atoms with Crippen LogP contribution in [0, 0.1) is 11.3 Å². The Kier molecular flexibility index (Phi) is 10.7. The highest BCUT2D eigenvalue weighted by Crippen LogP contribution is 2.33. The molecule has 2 atom stereocenters. The Bertz CT molecular complexity index is 2280. The van der Waals surface area contributed by atoms with Crippen LogP contribution in [0.2, 0.25) is 10.0 Å². The van der Waals surface area contributed by atoms with Gasteiger partial charge in [-0.25, -0.2) is 14.8 Å². The third-order valence-electron chi connectivity index (χ3n) is 9.32. The van der Waals surface area contributed by atoms with E-state index in [1.165, 1.54) is 21.2 Å². The minimum atomic E-state index is -0.936. The van der Waals surface area contributed by atoms with Crippen LogP contribution in [0.4, 0.5) is 15.6 Å². The Morgan fingerprint density at radius 3 is 2.48 bits per heavy atom. The fraction of sp³-hybridized carbons (Fsp3) is 0.211. The molecule has 2 aliphatic heterocycles. The number of nitrogen functional groups attached to an aromatic ring is 1. The third-order valence-corrected chi connectivity index (χ3v) is 10.9. The van der Waals surface area contributed by atoms with Crippen molar-refractivity contribution in [3.8, 4) is 6.07 Å². The standard InChI is InChI=1S/C38H33Cl2N9O4S/c39-28-14-11-24(17-29(28)40)19-43-38(53)47(16-15-41)48-22-33(50)49-30(18-23-9-12-27(13-10-23)44-35(51)25-5-2-1-3-6-25)36(52)46(21-32(48)49)20-26-7-4-8-31-34(26)45-37(42)54-31/h1-14,17,30,32H,16,18-22H2,(H2,42,45)(H,43,53)(H,44,51)/t30-,32+/m0/s1. The van der Waals surface area contributed by atoms with Crippen LogP contribution in [0.25, 0.3) is 10.2 Å². The number of hydrogen-bond donors (Lipinski definition) is 3. The molecule has 13 nitrogen and oxygen atoms in total. The van der Waals surface area contributed by atoms with Crippen LogP contribution in [0.15, 0.2) is 91.0 Å². The smallest absolute Gasteiger partial charge is 0.333 e.